The van der Waals surface area contributed by atoms with Gasteiger partial charge in [0.15, 0.2) is 0 Å². The van der Waals surface area contributed by atoms with Crippen LogP contribution in [0, 0.1) is 5.92 Å². The van der Waals surface area contributed by atoms with Gasteiger partial charge >= 0.3 is 0 Å². The molecule has 2 saturated heterocycles. The summed E-state index contributed by atoms with van der Waals surface area (Å²) in [5, 5.41) is 2.88. The molecule has 3 fully saturated rings. The van der Waals surface area contributed by atoms with E-state index in [1.54, 1.807) is 4.90 Å². The van der Waals surface area contributed by atoms with Crippen molar-refractivity contribution >= 4 is 23.4 Å². The molecule has 1 spiro atoms. The van der Waals surface area contributed by atoms with Gasteiger partial charge in [0.1, 0.15) is 12.1 Å². The lowest BCUT2D eigenvalue weighted by molar-refractivity contribution is -0.143. The van der Waals surface area contributed by atoms with E-state index in [0.29, 0.717) is 32.6 Å². The molecule has 1 saturated carbocycles. The number of carbonyl (C=O) groups excluding carboxylic acids is 3. The van der Waals surface area contributed by atoms with Crippen LogP contribution in [0.25, 0.3) is 0 Å². The van der Waals surface area contributed by atoms with Gasteiger partial charge < -0.3 is 20.0 Å². The van der Waals surface area contributed by atoms with Gasteiger partial charge in [-0.15, -0.1) is 0 Å². The summed E-state index contributed by atoms with van der Waals surface area (Å²) >= 11 is 0. The van der Waals surface area contributed by atoms with Gasteiger partial charge in [-0.25, -0.2) is 0 Å². The van der Waals surface area contributed by atoms with Crippen molar-refractivity contribution in [2.45, 2.75) is 57.5 Å². The van der Waals surface area contributed by atoms with Gasteiger partial charge in [0.2, 0.25) is 11.8 Å². The Morgan fingerprint density at radius 2 is 1.80 bits per heavy atom. The maximum absolute atomic E-state index is 13.6. The minimum Gasteiger partial charge on any atom is -0.352 e. The van der Waals surface area contributed by atoms with Gasteiger partial charge in [0.05, 0.1) is 6.67 Å². The third kappa shape index (κ3) is 3.77. The van der Waals surface area contributed by atoms with Crippen molar-refractivity contribution in [3.63, 3.8) is 0 Å². The first kappa shape index (κ1) is 20.7. The monoisotopic (exact) mass is 412 g/mol. The average molecular weight is 413 g/mol. The Morgan fingerprint density at radius 3 is 2.37 bits per heavy atom. The number of nitrogens with one attached hydrogen (secondary N) is 1. The Balaban J connectivity index is 1.53. The summed E-state index contributed by atoms with van der Waals surface area (Å²) in [4.78, 5) is 44.4. The average Bonchev–Trinajstić information content (AvgIpc) is 2.93. The van der Waals surface area contributed by atoms with Crippen LogP contribution in [0.15, 0.2) is 30.3 Å². The lowest BCUT2D eigenvalue weighted by Gasteiger charge is -2.44. The molecule has 0 aromatic heterocycles. The van der Waals surface area contributed by atoms with Gasteiger partial charge in [0.25, 0.3) is 5.91 Å². The topological polar surface area (TPSA) is 73.0 Å². The molecule has 1 N–H and O–H groups in total. The molecular weight excluding hydrogens is 380 g/mol. The van der Waals surface area contributed by atoms with Crippen LogP contribution in [0.4, 0.5) is 5.69 Å². The van der Waals surface area contributed by atoms with Crippen molar-refractivity contribution in [2.24, 2.45) is 5.92 Å². The van der Waals surface area contributed by atoms with Crippen LogP contribution in [-0.2, 0) is 14.4 Å². The van der Waals surface area contributed by atoms with Crippen molar-refractivity contribution in [3.8, 4) is 0 Å². The molecule has 1 aliphatic carbocycles. The summed E-state index contributed by atoms with van der Waals surface area (Å²) in [6, 6.07) is 9.96. The van der Waals surface area contributed by atoms with Crippen molar-refractivity contribution in [2.75, 3.05) is 31.2 Å². The zero-order valence-corrected chi connectivity index (χ0v) is 18.0. The minimum absolute atomic E-state index is 0.000928. The van der Waals surface area contributed by atoms with Gasteiger partial charge in [0, 0.05) is 30.7 Å². The zero-order chi connectivity index (χ0) is 21.3. The van der Waals surface area contributed by atoms with Gasteiger partial charge in [-0.3, -0.25) is 14.4 Å². The van der Waals surface area contributed by atoms with Gasteiger partial charge in [-0.1, -0.05) is 24.6 Å². The highest BCUT2D eigenvalue weighted by Gasteiger charge is 2.54. The van der Waals surface area contributed by atoms with E-state index in [-0.39, 0.29) is 36.2 Å². The van der Waals surface area contributed by atoms with E-state index in [4.69, 9.17) is 0 Å². The number of benzene rings is 1. The van der Waals surface area contributed by atoms with Crippen LogP contribution in [0.1, 0.15) is 46.0 Å². The molecule has 4 rings (SSSR count). The maximum Gasteiger partial charge on any atom is 0.250 e. The Kier molecular flexibility index (Phi) is 5.71. The molecular formula is C23H32N4O3. The molecule has 3 aliphatic rings. The second-order valence-electron chi connectivity index (χ2n) is 9.12. The Hall–Kier alpha value is -2.57. The lowest BCUT2D eigenvalue weighted by atomic mass is 9.81. The van der Waals surface area contributed by atoms with E-state index in [1.807, 2.05) is 49.1 Å². The number of anilines is 1. The molecule has 1 aromatic rings. The molecule has 0 atom stereocenters. The molecule has 0 radical (unpaired) electrons. The fourth-order valence-corrected chi connectivity index (χ4v) is 4.87. The quantitative estimate of drug-likeness (QED) is 0.803. The summed E-state index contributed by atoms with van der Waals surface area (Å²) in [6.45, 7) is 5.47. The summed E-state index contributed by atoms with van der Waals surface area (Å²) in [5.41, 5.74) is 0.298. The lowest BCUT2D eigenvalue weighted by Crippen LogP contribution is -2.58. The number of para-hydroxylation sites is 1. The first-order valence-corrected chi connectivity index (χ1v) is 11.1. The number of nitrogens with zero attached hydrogens (tertiary/aromatic N) is 3. The van der Waals surface area contributed by atoms with Crippen molar-refractivity contribution < 1.29 is 14.4 Å². The molecule has 0 unspecified atom stereocenters. The van der Waals surface area contributed by atoms with E-state index in [2.05, 4.69) is 10.2 Å². The van der Waals surface area contributed by atoms with Crippen LogP contribution < -0.4 is 10.2 Å². The molecule has 2 heterocycles. The number of piperidine rings is 1. The highest BCUT2D eigenvalue weighted by atomic mass is 16.2. The predicted molar refractivity (Wildman–Crippen MR) is 115 cm³/mol. The first-order chi connectivity index (χ1) is 14.4. The summed E-state index contributed by atoms with van der Waals surface area (Å²) in [7, 11) is 0. The van der Waals surface area contributed by atoms with Gasteiger partial charge in [-0.05, 0) is 51.7 Å². The number of hydrogen-bond acceptors (Lipinski definition) is 4. The van der Waals surface area contributed by atoms with E-state index in [1.165, 1.54) is 0 Å². The molecule has 7 heteroatoms. The van der Waals surface area contributed by atoms with E-state index in [0.717, 1.165) is 24.9 Å². The van der Waals surface area contributed by atoms with Crippen LogP contribution in [-0.4, -0.2) is 65.4 Å². The highest BCUT2D eigenvalue weighted by molar-refractivity contribution is 5.96. The molecule has 1 aromatic carbocycles. The minimum atomic E-state index is -0.685. The Morgan fingerprint density at radius 1 is 1.13 bits per heavy atom. The first-order valence-electron chi connectivity index (χ1n) is 11.1. The third-order valence-corrected chi connectivity index (χ3v) is 6.72. The smallest absolute Gasteiger partial charge is 0.250 e. The molecule has 3 amide bonds. The SMILES string of the molecule is CC(C)NC(=O)CN1CN(c2ccccc2)C2(CCN(C(=O)C3CCC3)CC2)C1=O. The van der Waals surface area contributed by atoms with Crippen LogP contribution in [0.2, 0.25) is 0 Å². The molecule has 2 aliphatic heterocycles. The van der Waals surface area contributed by atoms with E-state index in [9.17, 15) is 14.4 Å². The predicted octanol–water partition coefficient (Wildman–Crippen LogP) is 1.98. The molecule has 30 heavy (non-hydrogen) atoms. The maximum atomic E-state index is 13.6. The standard InChI is InChI=1S/C23H32N4O3/c1-17(2)24-20(28)15-26-16-27(19-9-4-3-5-10-19)23(22(26)30)11-13-25(14-12-23)21(29)18-7-6-8-18/h3-5,9-10,17-18H,6-8,11-16H2,1-2H3,(H,24,28). The molecule has 0 bridgehead atoms. The van der Waals surface area contributed by atoms with Crippen molar-refractivity contribution in [1.29, 1.82) is 0 Å². The summed E-state index contributed by atoms with van der Waals surface area (Å²) < 4.78 is 0. The Labute approximate surface area is 178 Å². The van der Waals surface area contributed by atoms with Gasteiger partial charge in [-0.2, -0.15) is 0 Å². The van der Waals surface area contributed by atoms with Crippen molar-refractivity contribution in [1.82, 2.24) is 15.1 Å². The van der Waals surface area contributed by atoms with Crippen LogP contribution >= 0.6 is 0 Å². The number of hydrogen-bond donors (Lipinski definition) is 1. The fourth-order valence-electron chi connectivity index (χ4n) is 4.87. The third-order valence-electron chi connectivity index (χ3n) is 6.72. The summed E-state index contributed by atoms with van der Waals surface area (Å²) in [5.74, 6) is 0.294. The Bertz CT molecular complexity index is 798. The molecule has 7 nitrogen and oxygen atoms in total. The van der Waals surface area contributed by atoms with Crippen LogP contribution in [0.3, 0.4) is 0 Å². The number of likely N-dealkylation sites (tertiary alicyclic amines) is 1. The van der Waals surface area contributed by atoms with E-state index < -0.39 is 5.54 Å². The fraction of sp³-hybridized carbons (Fsp3) is 0.609. The number of rotatable bonds is 5. The second-order valence-corrected chi connectivity index (χ2v) is 9.12. The van der Waals surface area contributed by atoms with Crippen molar-refractivity contribution in [3.05, 3.63) is 30.3 Å². The second kappa shape index (κ2) is 8.28. The summed E-state index contributed by atoms with van der Waals surface area (Å²) in [6.07, 6.45) is 4.33. The highest BCUT2D eigenvalue weighted by Crippen LogP contribution is 2.40. The van der Waals surface area contributed by atoms with E-state index >= 15 is 0 Å². The zero-order valence-electron chi connectivity index (χ0n) is 18.0. The number of amides is 3. The number of carbonyl (C=O) groups is 3. The van der Waals surface area contributed by atoms with Crippen LogP contribution in [0.5, 0.6) is 0 Å². The molecule has 162 valence electrons. The largest absolute Gasteiger partial charge is 0.352 e. The normalized spacial score (nSPS) is 21.3.